The first-order valence-corrected chi connectivity index (χ1v) is 7.19. The highest BCUT2D eigenvalue weighted by molar-refractivity contribution is 5.69. The first-order valence-electron chi connectivity index (χ1n) is 7.19. The van der Waals surface area contributed by atoms with Gasteiger partial charge in [0.05, 0.1) is 0 Å². The van der Waals surface area contributed by atoms with Crippen molar-refractivity contribution in [3.63, 3.8) is 0 Å². The van der Waals surface area contributed by atoms with Gasteiger partial charge in [0, 0.05) is 6.92 Å². The van der Waals surface area contributed by atoms with Gasteiger partial charge in [0.1, 0.15) is 5.75 Å². The Balaban J connectivity index is 1.96. The fourth-order valence-electron chi connectivity index (χ4n) is 2.52. The van der Waals surface area contributed by atoms with Gasteiger partial charge in [-0.15, -0.1) is 0 Å². The summed E-state index contributed by atoms with van der Waals surface area (Å²) in [4.78, 5) is 10.9. The molecule has 0 aliphatic heterocycles. The van der Waals surface area contributed by atoms with Gasteiger partial charge >= 0.3 is 5.97 Å². The maximum atomic E-state index is 10.9. The number of carbonyl (C=O) groups excluding carboxylic acids is 1. The van der Waals surface area contributed by atoms with Crippen LogP contribution in [0.2, 0.25) is 0 Å². The summed E-state index contributed by atoms with van der Waals surface area (Å²) in [5.74, 6) is 0.360. The fourth-order valence-corrected chi connectivity index (χ4v) is 2.52. The van der Waals surface area contributed by atoms with Gasteiger partial charge in [-0.25, -0.2) is 0 Å². The summed E-state index contributed by atoms with van der Waals surface area (Å²) in [5.41, 5.74) is 2.85. The number of ether oxygens (including phenoxy) is 1. The summed E-state index contributed by atoms with van der Waals surface area (Å²) in [6, 6.07) is 7.86. The Labute approximate surface area is 115 Å². The molecule has 2 rings (SSSR count). The SMILES string of the molecule is CC(=O)Oc1ccc(C/C2=C/CCCCCC2)cc1. The van der Waals surface area contributed by atoms with Crippen molar-refractivity contribution in [2.24, 2.45) is 0 Å². The molecule has 1 aromatic carbocycles. The molecular weight excluding hydrogens is 236 g/mol. The second-order valence-corrected chi connectivity index (χ2v) is 5.23. The van der Waals surface area contributed by atoms with E-state index in [1.807, 2.05) is 12.1 Å². The second kappa shape index (κ2) is 7.13. The molecule has 0 fully saturated rings. The Hall–Kier alpha value is -1.57. The third-order valence-electron chi connectivity index (χ3n) is 3.50. The molecule has 0 saturated carbocycles. The average molecular weight is 258 g/mol. The lowest BCUT2D eigenvalue weighted by Gasteiger charge is -2.11. The normalized spacial score (nSPS) is 18.9. The first-order chi connectivity index (χ1) is 9.24. The number of rotatable bonds is 3. The van der Waals surface area contributed by atoms with Crippen LogP contribution in [-0.2, 0) is 11.2 Å². The van der Waals surface area contributed by atoms with Gasteiger partial charge in [0.2, 0.25) is 0 Å². The van der Waals surface area contributed by atoms with Crippen molar-refractivity contribution in [1.82, 2.24) is 0 Å². The lowest BCUT2D eigenvalue weighted by atomic mass is 9.95. The Kier molecular flexibility index (Phi) is 5.20. The third kappa shape index (κ3) is 4.90. The summed E-state index contributed by atoms with van der Waals surface area (Å²) in [6.45, 7) is 1.42. The zero-order chi connectivity index (χ0) is 13.5. The predicted octanol–water partition coefficient (Wildman–Crippen LogP) is 4.44. The topological polar surface area (TPSA) is 26.3 Å². The Bertz CT molecular complexity index is 443. The maximum absolute atomic E-state index is 10.9. The highest BCUT2D eigenvalue weighted by Crippen LogP contribution is 2.21. The third-order valence-corrected chi connectivity index (χ3v) is 3.50. The molecule has 0 heterocycles. The van der Waals surface area contributed by atoms with E-state index in [0.717, 1.165) is 6.42 Å². The van der Waals surface area contributed by atoms with Gasteiger partial charge in [-0.2, -0.15) is 0 Å². The number of esters is 1. The minimum Gasteiger partial charge on any atom is -0.427 e. The summed E-state index contributed by atoms with van der Waals surface area (Å²) in [5, 5.41) is 0. The fraction of sp³-hybridized carbons (Fsp3) is 0.471. The lowest BCUT2D eigenvalue weighted by Crippen LogP contribution is -2.01. The number of carbonyl (C=O) groups is 1. The van der Waals surface area contributed by atoms with E-state index in [1.165, 1.54) is 51.0 Å². The highest BCUT2D eigenvalue weighted by atomic mass is 16.5. The molecule has 2 nitrogen and oxygen atoms in total. The van der Waals surface area contributed by atoms with Gasteiger partial charge in [-0.3, -0.25) is 4.79 Å². The maximum Gasteiger partial charge on any atom is 0.308 e. The standard InChI is InChI=1S/C17H22O2/c1-14(18)19-17-11-9-16(10-12-17)13-15-7-5-3-2-4-6-8-15/h7,9-12H,2-6,8,13H2,1H3/b15-7+. The van der Waals surface area contributed by atoms with E-state index in [1.54, 1.807) is 5.57 Å². The van der Waals surface area contributed by atoms with Gasteiger partial charge in [0.25, 0.3) is 0 Å². The summed E-state index contributed by atoms with van der Waals surface area (Å²) >= 11 is 0. The molecule has 0 aromatic heterocycles. The van der Waals surface area contributed by atoms with Crippen LogP contribution in [0.3, 0.4) is 0 Å². The van der Waals surface area contributed by atoms with Crippen LogP contribution in [0, 0.1) is 0 Å². The molecule has 0 radical (unpaired) electrons. The van der Waals surface area contributed by atoms with E-state index >= 15 is 0 Å². The van der Waals surface area contributed by atoms with Crippen LogP contribution in [-0.4, -0.2) is 5.97 Å². The van der Waals surface area contributed by atoms with Crippen LogP contribution >= 0.6 is 0 Å². The van der Waals surface area contributed by atoms with Crippen LogP contribution in [0.1, 0.15) is 51.0 Å². The van der Waals surface area contributed by atoms with Crippen LogP contribution < -0.4 is 4.74 Å². The van der Waals surface area contributed by atoms with Crippen LogP contribution in [0.25, 0.3) is 0 Å². The largest absolute Gasteiger partial charge is 0.427 e. The molecule has 0 atom stereocenters. The molecule has 0 bridgehead atoms. The highest BCUT2D eigenvalue weighted by Gasteiger charge is 2.04. The minimum absolute atomic E-state index is 0.268. The van der Waals surface area contributed by atoms with E-state index < -0.39 is 0 Å². The summed E-state index contributed by atoms with van der Waals surface area (Å²) in [6.07, 6.45) is 11.3. The van der Waals surface area contributed by atoms with Crippen molar-refractivity contribution in [1.29, 1.82) is 0 Å². The van der Waals surface area contributed by atoms with E-state index in [4.69, 9.17) is 4.74 Å². The monoisotopic (exact) mass is 258 g/mol. The smallest absolute Gasteiger partial charge is 0.308 e. The van der Waals surface area contributed by atoms with Crippen molar-refractivity contribution < 1.29 is 9.53 Å². The molecule has 1 aliphatic carbocycles. The van der Waals surface area contributed by atoms with E-state index in [-0.39, 0.29) is 5.97 Å². The number of benzene rings is 1. The lowest BCUT2D eigenvalue weighted by molar-refractivity contribution is -0.131. The van der Waals surface area contributed by atoms with E-state index in [0.29, 0.717) is 5.75 Å². The molecule has 1 aromatic rings. The molecule has 102 valence electrons. The number of hydrogen-bond donors (Lipinski definition) is 0. The predicted molar refractivity (Wildman–Crippen MR) is 77.2 cm³/mol. The minimum atomic E-state index is -0.268. The van der Waals surface area contributed by atoms with Crippen molar-refractivity contribution in [3.8, 4) is 5.75 Å². The molecule has 2 heteroatoms. The average Bonchev–Trinajstić information content (AvgIpc) is 2.34. The van der Waals surface area contributed by atoms with Gasteiger partial charge in [-0.1, -0.05) is 36.6 Å². The molecule has 0 amide bonds. The van der Waals surface area contributed by atoms with Crippen molar-refractivity contribution in [2.75, 3.05) is 0 Å². The van der Waals surface area contributed by atoms with Crippen LogP contribution in [0.15, 0.2) is 35.9 Å². The molecular formula is C17H22O2. The second-order valence-electron chi connectivity index (χ2n) is 5.23. The number of hydrogen-bond acceptors (Lipinski definition) is 2. The van der Waals surface area contributed by atoms with Crippen LogP contribution in [0.4, 0.5) is 0 Å². The molecule has 0 saturated heterocycles. The zero-order valence-electron chi connectivity index (χ0n) is 11.7. The van der Waals surface area contributed by atoms with Gasteiger partial charge in [-0.05, 0) is 49.8 Å². The summed E-state index contributed by atoms with van der Waals surface area (Å²) < 4.78 is 5.04. The zero-order valence-corrected chi connectivity index (χ0v) is 11.7. The molecule has 0 N–H and O–H groups in total. The Morgan fingerprint density at radius 3 is 2.58 bits per heavy atom. The first kappa shape index (κ1) is 13.9. The Morgan fingerprint density at radius 2 is 1.84 bits per heavy atom. The van der Waals surface area contributed by atoms with Crippen molar-refractivity contribution >= 4 is 5.97 Å². The molecule has 19 heavy (non-hydrogen) atoms. The van der Waals surface area contributed by atoms with Gasteiger partial charge < -0.3 is 4.74 Å². The van der Waals surface area contributed by atoms with Crippen molar-refractivity contribution in [2.45, 2.75) is 51.9 Å². The van der Waals surface area contributed by atoms with Crippen LogP contribution in [0.5, 0.6) is 5.75 Å². The Morgan fingerprint density at radius 1 is 1.11 bits per heavy atom. The van der Waals surface area contributed by atoms with E-state index in [2.05, 4.69) is 18.2 Å². The molecule has 0 unspecified atom stereocenters. The molecule has 1 aliphatic rings. The summed E-state index contributed by atoms with van der Waals surface area (Å²) in [7, 11) is 0. The molecule has 0 spiro atoms. The number of allylic oxidation sites excluding steroid dienone is 2. The quantitative estimate of drug-likeness (QED) is 0.455. The van der Waals surface area contributed by atoms with E-state index in [9.17, 15) is 4.79 Å². The van der Waals surface area contributed by atoms with Crippen molar-refractivity contribution in [3.05, 3.63) is 41.5 Å². The van der Waals surface area contributed by atoms with Gasteiger partial charge in [0.15, 0.2) is 0 Å².